The topological polar surface area (TPSA) is 109 Å². The Morgan fingerprint density at radius 2 is 0.673 bits per heavy atom. The number of rotatable bonds is 32. The molecule has 0 radical (unpaired) electrons. The molecule has 4 N–H and O–H groups in total. The third-order valence-electron chi connectivity index (χ3n) is 10.3. The molecule has 11 heteroatoms. The zero-order chi connectivity index (χ0) is 37.8. The summed E-state index contributed by atoms with van der Waals surface area (Å²) in [5, 5.41) is 43.1. The number of ether oxygens (including phenoxy) is 1. The molecule has 0 fully saturated rings. The van der Waals surface area contributed by atoms with E-state index in [-0.39, 0.29) is 0 Å². The molecule has 4 unspecified atom stereocenters. The molecule has 0 aliphatic rings. The molecule has 0 rings (SSSR count). The zero-order valence-electron chi connectivity index (χ0n) is 34.7. The summed E-state index contributed by atoms with van der Waals surface area (Å²) in [7, 11) is -10.2. The first-order valence-electron chi connectivity index (χ1n) is 20.4. The average molecular weight is 767 g/mol. The van der Waals surface area contributed by atoms with Crippen LogP contribution in [0.5, 0.6) is 0 Å². The van der Waals surface area contributed by atoms with Crippen LogP contribution in [0.1, 0.15) is 142 Å². The van der Waals surface area contributed by atoms with Crippen LogP contribution >= 0.6 is 0 Å². The summed E-state index contributed by atoms with van der Waals surface area (Å²) in [5.41, 5.74) is 0. The smallest absolute Gasteiger partial charge is 0.209 e. The molecule has 0 aromatic heterocycles. The molecule has 4 atom stereocenters. The van der Waals surface area contributed by atoms with Gasteiger partial charge in [-0.2, -0.15) is 0 Å². The molecule has 0 spiro atoms. The van der Waals surface area contributed by atoms with Crippen LogP contribution in [0.2, 0.25) is 65.5 Å². The van der Waals surface area contributed by atoms with Crippen LogP contribution in [0.4, 0.5) is 0 Å². The van der Waals surface area contributed by atoms with E-state index in [0.717, 1.165) is 38.5 Å². The number of unbranched alkanes of at least 4 members (excludes halogenated alkanes) is 16. The van der Waals surface area contributed by atoms with Crippen LogP contribution in [0, 0.1) is 0 Å². The number of aliphatic hydroxyl groups is 4. The highest BCUT2D eigenvalue weighted by atomic mass is 28.4. The van der Waals surface area contributed by atoms with Crippen molar-refractivity contribution in [3.8, 4) is 0 Å². The maximum absolute atomic E-state index is 12.0. The molecule has 0 aromatic carbocycles. The van der Waals surface area contributed by atoms with Gasteiger partial charge in [0.15, 0.2) is 16.6 Å². The normalized spacial score (nSPS) is 17.1. The standard InChI is InChI=1S/C38H86O7Si4/c1-13-15-17-19-21-23-25-27-29-31-37(35(41)33-39,48(9,10)44-46(3,4)5)43-38(36(42)34-40,49(11,12)45-47(6,7)8)32-30-28-26-24-22-20-18-16-14-2/h35-36,39-42H,13-34H2,1-12H3. The van der Waals surface area contributed by atoms with Gasteiger partial charge in [-0.25, -0.2) is 0 Å². The Kier molecular flexibility index (Phi) is 24.4. The summed E-state index contributed by atoms with van der Waals surface area (Å²) in [6, 6.07) is 0. The fourth-order valence-corrected chi connectivity index (χ4v) is 25.9. The minimum Gasteiger partial charge on any atom is -0.454 e. The SMILES string of the molecule is CCCCCCCCCCCC(OC(CCCCCCCCCCC)(C(O)CO)[Si](C)(C)O[Si](C)(C)C)(C(O)CO)[Si](C)(C)O[Si](C)(C)C. The fraction of sp³-hybridized carbons (Fsp3) is 1.00. The average Bonchev–Trinajstić information content (AvgIpc) is 2.98. The van der Waals surface area contributed by atoms with Gasteiger partial charge < -0.3 is 33.4 Å². The van der Waals surface area contributed by atoms with Gasteiger partial charge in [-0.05, 0) is 78.3 Å². The summed E-state index contributed by atoms with van der Waals surface area (Å²) >= 11 is 0. The van der Waals surface area contributed by atoms with E-state index in [4.69, 9.17) is 13.0 Å². The van der Waals surface area contributed by atoms with Gasteiger partial charge in [0.25, 0.3) is 0 Å². The quantitative estimate of drug-likeness (QED) is 0.0399. The van der Waals surface area contributed by atoms with Crippen LogP contribution < -0.4 is 0 Å². The lowest BCUT2D eigenvalue weighted by molar-refractivity contribution is -0.196. The third kappa shape index (κ3) is 18.0. The highest BCUT2D eigenvalue weighted by molar-refractivity contribution is 6.87. The van der Waals surface area contributed by atoms with Crippen molar-refractivity contribution in [2.75, 3.05) is 13.2 Å². The van der Waals surface area contributed by atoms with Gasteiger partial charge in [0.05, 0.1) is 13.2 Å². The highest BCUT2D eigenvalue weighted by Gasteiger charge is 2.64. The van der Waals surface area contributed by atoms with E-state index >= 15 is 0 Å². The first-order chi connectivity index (χ1) is 22.7. The Labute approximate surface area is 309 Å². The molecule has 0 amide bonds. The van der Waals surface area contributed by atoms with Gasteiger partial charge in [-0.3, -0.25) is 0 Å². The summed E-state index contributed by atoms with van der Waals surface area (Å²) in [4.78, 5) is 0. The Hall–Kier alpha value is 0.588. The number of aliphatic hydroxyl groups excluding tert-OH is 4. The molecule has 0 saturated carbocycles. The van der Waals surface area contributed by atoms with Gasteiger partial charge in [0, 0.05) is 0 Å². The van der Waals surface area contributed by atoms with Crippen molar-refractivity contribution in [3.63, 3.8) is 0 Å². The van der Waals surface area contributed by atoms with Gasteiger partial charge in [0.2, 0.25) is 16.6 Å². The van der Waals surface area contributed by atoms with Crippen molar-refractivity contribution in [1.82, 2.24) is 0 Å². The minimum absolute atomic E-state index is 0.455. The van der Waals surface area contributed by atoms with E-state index in [0.29, 0.717) is 12.8 Å². The van der Waals surface area contributed by atoms with E-state index in [2.05, 4.69) is 79.3 Å². The largest absolute Gasteiger partial charge is 0.454 e. The highest BCUT2D eigenvalue weighted by Crippen LogP contribution is 2.46. The minimum atomic E-state index is -2.96. The number of hydrogen-bond donors (Lipinski definition) is 4. The van der Waals surface area contributed by atoms with E-state index in [9.17, 15) is 20.4 Å². The Morgan fingerprint density at radius 3 is 0.898 bits per heavy atom. The van der Waals surface area contributed by atoms with Gasteiger partial charge in [-0.1, -0.05) is 129 Å². The van der Waals surface area contributed by atoms with Crippen LogP contribution in [0.15, 0.2) is 0 Å². The van der Waals surface area contributed by atoms with Gasteiger partial charge >= 0.3 is 0 Å². The first-order valence-corrected chi connectivity index (χ1v) is 33.0. The second-order valence-corrected chi connectivity index (χ2v) is 35.7. The van der Waals surface area contributed by atoms with E-state index in [1.165, 1.54) is 77.0 Å². The summed E-state index contributed by atoms with van der Waals surface area (Å²) in [6.45, 7) is 25.1. The molecular formula is C38H86O7Si4. The first kappa shape index (κ1) is 49.6. The fourth-order valence-electron chi connectivity index (χ4n) is 7.94. The maximum atomic E-state index is 12.0. The second-order valence-electron chi connectivity index (χ2n) is 17.9. The second kappa shape index (κ2) is 24.1. The maximum Gasteiger partial charge on any atom is 0.209 e. The number of hydrogen-bond acceptors (Lipinski definition) is 7. The molecule has 296 valence electrons. The predicted molar refractivity (Wildman–Crippen MR) is 220 cm³/mol. The summed E-state index contributed by atoms with van der Waals surface area (Å²) in [6.07, 6.45) is 19.8. The molecule has 7 nitrogen and oxygen atoms in total. The lowest BCUT2D eigenvalue weighted by Gasteiger charge is -2.58. The van der Waals surface area contributed by atoms with Crippen LogP contribution in [0.25, 0.3) is 0 Å². The van der Waals surface area contributed by atoms with Crippen molar-refractivity contribution in [2.45, 2.75) is 230 Å². The molecule has 0 heterocycles. The van der Waals surface area contributed by atoms with Crippen molar-refractivity contribution >= 4 is 33.3 Å². The molecule has 0 bridgehead atoms. The van der Waals surface area contributed by atoms with Crippen LogP contribution in [0.3, 0.4) is 0 Å². The van der Waals surface area contributed by atoms with Crippen molar-refractivity contribution < 1.29 is 33.4 Å². The molecule has 0 aliphatic carbocycles. The van der Waals surface area contributed by atoms with Crippen molar-refractivity contribution in [3.05, 3.63) is 0 Å². The predicted octanol–water partition coefficient (Wildman–Crippen LogP) is 10.2. The Balaban J connectivity index is 6.77. The molecule has 49 heavy (non-hydrogen) atoms. The van der Waals surface area contributed by atoms with Crippen molar-refractivity contribution in [2.24, 2.45) is 0 Å². The lowest BCUT2D eigenvalue weighted by Crippen LogP contribution is -2.76. The summed E-state index contributed by atoms with van der Waals surface area (Å²) < 4.78 is 21.7. The van der Waals surface area contributed by atoms with Crippen molar-refractivity contribution in [1.29, 1.82) is 0 Å². The van der Waals surface area contributed by atoms with E-state index in [1.54, 1.807) is 0 Å². The zero-order valence-corrected chi connectivity index (χ0v) is 38.7. The molecule has 0 aliphatic heterocycles. The van der Waals surface area contributed by atoms with E-state index < -0.39 is 69.1 Å². The van der Waals surface area contributed by atoms with Gasteiger partial charge in [0.1, 0.15) is 22.7 Å². The van der Waals surface area contributed by atoms with E-state index in [1.807, 2.05) is 0 Å². The summed E-state index contributed by atoms with van der Waals surface area (Å²) in [5.74, 6) is 0. The molecule has 0 saturated heterocycles. The molecule has 0 aromatic rings. The third-order valence-corrected chi connectivity index (χ3v) is 24.7. The van der Waals surface area contributed by atoms with Crippen LogP contribution in [-0.4, -0.2) is 89.6 Å². The Morgan fingerprint density at radius 1 is 0.429 bits per heavy atom. The van der Waals surface area contributed by atoms with Gasteiger partial charge in [-0.15, -0.1) is 0 Å². The lowest BCUT2D eigenvalue weighted by atomic mass is 9.99. The Bertz CT molecular complexity index is 768. The monoisotopic (exact) mass is 767 g/mol. The molecular weight excluding hydrogens is 681 g/mol. The van der Waals surface area contributed by atoms with Crippen LogP contribution in [-0.2, 0) is 13.0 Å².